The molecule has 1 aromatic rings. The van der Waals surface area contributed by atoms with Crippen molar-refractivity contribution in [1.82, 2.24) is 0 Å². The van der Waals surface area contributed by atoms with E-state index in [0.717, 1.165) is 36.1 Å². The first-order valence-electron chi connectivity index (χ1n) is 6.99. The minimum atomic E-state index is -0.157. The van der Waals surface area contributed by atoms with Gasteiger partial charge in [-0.3, -0.25) is 4.79 Å². The predicted molar refractivity (Wildman–Crippen MR) is 81.8 cm³/mol. The van der Waals surface area contributed by atoms with Crippen molar-refractivity contribution >= 4 is 21.7 Å². The highest BCUT2D eigenvalue weighted by Gasteiger charge is 2.28. The minimum Gasteiger partial charge on any atom is -0.352 e. The first-order valence-corrected chi connectivity index (χ1v) is 7.78. The third-order valence-corrected chi connectivity index (χ3v) is 4.03. The molecule has 1 aliphatic heterocycles. The van der Waals surface area contributed by atoms with Crippen LogP contribution in [0.15, 0.2) is 28.7 Å². The summed E-state index contributed by atoms with van der Waals surface area (Å²) in [6, 6.07) is 7.53. The van der Waals surface area contributed by atoms with Gasteiger partial charge in [0.1, 0.15) is 0 Å². The Morgan fingerprint density at radius 1 is 1.30 bits per heavy atom. The smallest absolute Gasteiger partial charge is 0.164 e. The lowest BCUT2D eigenvalue weighted by molar-refractivity contribution is -0.223. The topological polar surface area (TPSA) is 35.5 Å². The Kier molecular flexibility index (Phi) is 5.35. The zero-order chi connectivity index (χ0) is 14.6. The third-order valence-electron chi connectivity index (χ3n) is 3.34. The van der Waals surface area contributed by atoms with Gasteiger partial charge in [0, 0.05) is 21.9 Å². The average molecular weight is 341 g/mol. The molecule has 0 radical (unpaired) electrons. The summed E-state index contributed by atoms with van der Waals surface area (Å²) < 4.78 is 12.2. The molecule has 0 unspecified atom stereocenters. The summed E-state index contributed by atoms with van der Waals surface area (Å²) in [5.41, 5.74) is 0.848. The van der Waals surface area contributed by atoms with Crippen LogP contribution in [-0.2, 0) is 9.47 Å². The summed E-state index contributed by atoms with van der Waals surface area (Å²) >= 11 is 3.41. The SMILES string of the molecule is CC1(C)COC(CCCC(=O)c2ccccc2Br)OC1. The van der Waals surface area contributed by atoms with E-state index in [4.69, 9.17) is 9.47 Å². The number of halogens is 1. The second kappa shape index (κ2) is 6.83. The summed E-state index contributed by atoms with van der Waals surface area (Å²) in [7, 11) is 0. The van der Waals surface area contributed by atoms with Gasteiger partial charge in [-0.1, -0.05) is 48.0 Å². The fourth-order valence-corrected chi connectivity index (χ4v) is 2.65. The molecule has 3 nitrogen and oxygen atoms in total. The van der Waals surface area contributed by atoms with Gasteiger partial charge < -0.3 is 9.47 Å². The van der Waals surface area contributed by atoms with Gasteiger partial charge in [-0.05, 0) is 18.9 Å². The normalized spacial score (nSPS) is 18.9. The number of ether oxygens (including phenoxy) is 2. The number of carbonyl (C=O) groups is 1. The predicted octanol–water partition coefficient (Wildman–Crippen LogP) is 4.20. The van der Waals surface area contributed by atoms with E-state index >= 15 is 0 Å². The second-order valence-electron chi connectivity index (χ2n) is 6.01. The highest BCUT2D eigenvalue weighted by atomic mass is 79.9. The summed E-state index contributed by atoms with van der Waals surface area (Å²) in [6.07, 6.45) is 1.92. The molecular weight excluding hydrogens is 320 g/mol. The number of carbonyl (C=O) groups excluding carboxylic acids is 1. The van der Waals surface area contributed by atoms with E-state index in [9.17, 15) is 4.79 Å². The monoisotopic (exact) mass is 340 g/mol. The molecule has 0 aromatic heterocycles. The number of hydrogen-bond donors (Lipinski definition) is 0. The molecule has 0 bridgehead atoms. The van der Waals surface area contributed by atoms with Crippen molar-refractivity contribution in [1.29, 1.82) is 0 Å². The van der Waals surface area contributed by atoms with Crippen LogP contribution < -0.4 is 0 Å². The van der Waals surface area contributed by atoms with Crippen LogP contribution in [0.2, 0.25) is 0 Å². The summed E-state index contributed by atoms with van der Waals surface area (Å²) in [5.74, 6) is 0.161. The molecule has 110 valence electrons. The second-order valence-corrected chi connectivity index (χ2v) is 6.87. The van der Waals surface area contributed by atoms with Crippen molar-refractivity contribution in [3.63, 3.8) is 0 Å². The molecule has 1 saturated heterocycles. The van der Waals surface area contributed by atoms with E-state index in [2.05, 4.69) is 29.8 Å². The Morgan fingerprint density at radius 3 is 2.60 bits per heavy atom. The fraction of sp³-hybridized carbons (Fsp3) is 0.562. The minimum absolute atomic E-state index is 0.0984. The average Bonchev–Trinajstić information content (AvgIpc) is 2.41. The van der Waals surface area contributed by atoms with E-state index in [1.165, 1.54) is 0 Å². The molecule has 0 amide bonds. The maximum absolute atomic E-state index is 12.1. The lowest BCUT2D eigenvalue weighted by Crippen LogP contribution is -2.37. The summed E-state index contributed by atoms with van der Waals surface area (Å²) in [5, 5.41) is 0. The molecule has 2 rings (SSSR count). The van der Waals surface area contributed by atoms with Gasteiger partial charge in [0.25, 0.3) is 0 Å². The van der Waals surface area contributed by atoms with Gasteiger partial charge in [0.2, 0.25) is 0 Å². The molecule has 0 atom stereocenters. The molecule has 4 heteroatoms. The fourth-order valence-electron chi connectivity index (χ4n) is 2.14. The van der Waals surface area contributed by atoms with E-state index in [1.54, 1.807) is 0 Å². The van der Waals surface area contributed by atoms with E-state index in [-0.39, 0.29) is 17.5 Å². The number of ketones is 1. The zero-order valence-corrected chi connectivity index (χ0v) is 13.6. The Bertz CT molecular complexity index is 461. The van der Waals surface area contributed by atoms with Crippen molar-refractivity contribution in [2.45, 2.75) is 39.4 Å². The quantitative estimate of drug-likeness (QED) is 0.753. The van der Waals surface area contributed by atoms with Gasteiger partial charge in [0.15, 0.2) is 12.1 Å². The van der Waals surface area contributed by atoms with Gasteiger partial charge in [-0.15, -0.1) is 0 Å². The molecule has 1 fully saturated rings. The van der Waals surface area contributed by atoms with Crippen molar-refractivity contribution in [2.75, 3.05) is 13.2 Å². The maximum atomic E-state index is 12.1. The third kappa shape index (κ3) is 4.40. The van der Waals surface area contributed by atoms with Crippen LogP contribution in [0.1, 0.15) is 43.5 Å². The van der Waals surface area contributed by atoms with Gasteiger partial charge in [0.05, 0.1) is 13.2 Å². The van der Waals surface area contributed by atoms with E-state index < -0.39 is 0 Å². The van der Waals surface area contributed by atoms with Crippen LogP contribution in [0.5, 0.6) is 0 Å². The lowest BCUT2D eigenvalue weighted by Gasteiger charge is -2.34. The Morgan fingerprint density at radius 2 is 1.95 bits per heavy atom. The van der Waals surface area contributed by atoms with Gasteiger partial charge in [-0.2, -0.15) is 0 Å². The molecular formula is C16H21BrO3. The standard InChI is InChI=1S/C16H21BrO3/c1-16(2)10-19-15(20-11-16)9-5-8-14(18)12-6-3-4-7-13(12)17/h3-4,6-7,15H,5,8-11H2,1-2H3. The van der Waals surface area contributed by atoms with Gasteiger partial charge in [-0.25, -0.2) is 0 Å². The molecule has 20 heavy (non-hydrogen) atoms. The van der Waals surface area contributed by atoms with Crippen LogP contribution in [0.25, 0.3) is 0 Å². The Labute approximate surface area is 128 Å². The zero-order valence-electron chi connectivity index (χ0n) is 12.0. The first-order chi connectivity index (χ1) is 9.48. The van der Waals surface area contributed by atoms with Gasteiger partial charge >= 0.3 is 0 Å². The molecule has 0 saturated carbocycles. The molecule has 0 spiro atoms. The largest absolute Gasteiger partial charge is 0.352 e. The molecule has 1 heterocycles. The summed E-state index contributed by atoms with van der Waals surface area (Å²) in [4.78, 5) is 12.1. The van der Waals surface area contributed by atoms with E-state index in [0.29, 0.717) is 6.42 Å². The molecule has 1 aromatic carbocycles. The highest BCUT2D eigenvalue weighted by Crippen LogP contribution is 2.25. The summed E-state index contributed by atoms with van der Waals surface area (Å²) in [6.45, 7) is 5.69. The van der Waals surface area contributed by atoms with Crippen LogP contribution >= 0.6 is 15.9 Å². The maximum Gasteiger partial charge on any atom is 0.164 e. The molecule has 0 N–H and O–H groups in total. The number of rotatable bonds is 5. The first kappa shape index (κ1) is 15.7. The van der Waals surface area contributed by atoms with E-state index in [1.807, 2.05) is 24.3 Å². The van der Waals surface area contributed by atoms with Crippen molar-refractivity contribution in [2.24, 2.45) is 5.41 Å². The molecule has 0 aliphatic carbocycles. The number of hydrogen-bond acceptors (Lipinski definition) is 3. The van der Waals surface area contributed by atoms with Crippen LogP contribution in [0, 0.1) is 5.41 Å². The van der Waals surface area contributed by atoms with Crippen molar-refractivity contribution in [3.8, 4) is 0 Å². The number of Topliss-reactive ketones (excluding diaryl/α,β-unsaturated/α-hetero) is 1. The van der Waals surface area contributed by atoms with Crippen LogP contribution in [0.3, 0.4) is 0 Å². The molecule has 1 aliphatic rings. The Hall–Kier alpha value is -0.710. The highest BCUT2D eigenvalue weighted by molar-refractivity contribution is 9.10. The van der Waals surface area contributed by atoms with Crippen LogP contribution in [-0.4, -0.2) is 25.3 Å². The van der Waals surface area contributed by atoms with Crippen molar-refractivity contribution < 1.29 is 14.3 Å². The lowest BCUT2D eigenvalue weighted by atomic mass is 9.95. The van der Waals surface area contributed by atoms with Crippen molar-refractivity contribution in [3.05, 3.63) is 34.3 Å². The number of benzene rings is 1. The Balaban J connectivity index is 1.74. The van der Waals surface area contributed by atoms with Crippen LogP contribution in [0.4, 0.5) is 0 Å².